The van der Waals surface area contributed by atoms with Gasteiger partial charge in [-0.25, -0.2) is 8.42 Å². The van der Waals surface area contributed by atoms with Gasteiger partial charge in [-0.3, -0.25) is 0 Å². The highest BCUT2D eigenvalue weighted by Crippen LogP contribution is 2.20. The molecule has 0 aromatic heterocycles. The first kappa shape index (κ1) is 15.7. The van der Waals surface area contributed by atoms with Gasteiger partial charge in [-0.15, -0.1) is 0 Å². The Morgan fingerprint density at radius 3 is 2.10 bits per heavy atom. The number of hydrogen-bond acceptors (Lipinski definition) is 3. The molecular weight excluding hydrogens is 282 g/mol. The van der Waals surface area contributed by atoms with Crippen LogP contribution in [-0.2, 0) is 16.3 Å². The van der Waals surface area contributed by atoms with Crippen molar-refractivity contribution >= 4 is 9.84 Å². The standard InChI is InChI=1S/C17H21NO2S/c1-13-8-14(2)10-15(9-13)11-17(12-18)21(19,20)16-6-4-3-5-7-16/h3-10,17H,11-12,18H2,1-2H3. The van der Waals surface area contributed by atoms with E-state index in [9.17, 15) is 8.42 Å². The molecule has 0 saturated carbocycles. The number of benzene rings is 2. The molecule has 0 heterocycles. The number of sulfone groups is 1. The molecule has 2 aromatic rings. The smallest absolute Gasteiger partial charge is 0.182 e. The van der Waals surface area contributed by atoms with Crippen molar-refractivity contribution in [2.45, 2.75) is 30.4 Å². The lowest BCUT2D eigenvalue weighted by molar-refractivity contribution is 0.578. The van der Waals surface area contributed by atoms with Gasteiger partial charge < -0.3 is 5.73 Å². The van der Waals surface area contributed by atoms with Crippen LogP contribution in [0.15, 0.2) is 53.4 Å². The van der Waals surface area contributed by atoms with Crippen molar-refractivity contribution in [3.63, 3.8) is 0 Å². The van der Waals surface area contributed by atoms with Crippen LogP contribution in [-0.4, -0.2) is 20.2 Å². The van der Waals surface area contributed by atoms with E-state index in [1.54, 1.807) is 30.3 Å². The van der Waals surface area contributed by atoms with Gasteiger partial charge in [-0.1, -0.05) is 47.5 Å². The van der Waals surface area contributed by atoms with Crippen LogP contribution >= 0.6 is 0 Å². The fraction of sp³-hybridized carbons (Fsp3) is 0.294. The molecule has 0 aliphatic heterocycles. The van der Waals surface area contributed by atoms with Crippen molar-refractivity contribution in [1.29, 1.82) is 0 Å². The van der Waals surface area contributed by atoms with Gasteiger partial charge in [-0.2, -0.15) is 0 Å². The van der Waals surface area contributed by atoms with E-state index in [0.29, 0.717) is 11.3 Å². The summed E-state index contributed by atoms with van der Waals surface area (Å²) in [4.78, 5) is 0.338. The van der Waals surface area contributed by atoms with Crippen molar-refractivity contribution in [3.05, 3.63) is 65.2 Å². The van der Waals surface area contributed by atoms with Crippen LogP contribution in [0.1, 0.15) is 16.7 Å². The minimum Gasteiger partial charge on any atom is -0.329 e. The molecule has 2 aromatic carbocycles. The minimum atomic E-state index is -3.40. The Labute approximate surface area is 126 Å². The first-order valence-electron chi connectivity index (χ1n) is 6.99. The van der Waals surface area contributed by atoms with Crippen molar-refractivity contribution in [3.8, 4) is 0 Å². The van der Waals surface area contributed by atoms with Crippen LogP contribution in [0.2, 0.25) is 0 Å². The summed E-state index contributed by atoms with van der Waals surface area (Å²) >= 11 is 0. The zero-order chi connectivity index (χ0) is 15.5. The summed E-state index contributed by atoms with van der Waals surface area (Å²) in [5, 5.41) is -0.596. The molecule has 1 atom stereocenters. The molecule has 112 valence electrons. The monoisotopic (exact) mass is 303 g/mol. The molecule has 21 heavy (non-hydrogen) atoms. The zero-order valence-corrected chi connectivity index (χ0v) is 13.2. The molecule has 2 rings (SSSR count). The van der Waals surface area contributed by atoms with Crippen LogP contribution in [0.25, 0.3) is 0 Å². The van der Waals surface area contributed by atoms with E-state index in [1.165, 1.54) is 0 Å². The summed E-state index contributed by atoms with van der Waals surface area (Å²) in [5.74, 6) is 0. The van der Waals surface area contributed by atoms with Crippen molar-refractivity contribution < 1.29 is 8.42 Å². The zero-order valence-electron chi connectivity index (χ0n) is 12.4. The Balaban J connectivity index is 2.32. The Bertz CT molecular complexity index is 689. The normalized spacial score (nSPS) is 13.1. The van der Waals surface area contributed by atoms with Gasteiger partial charge in [0.2, 0.25) is 0 Å². The average molecular weight is 303 g/mol. The van der Waals surface area contributed by atoms with Crippen LogP contribution in [0.3, 0.4) is 0 Å². The molecule has 0 aliphatic rings. The lowest BCUT2D eigenvalue weighted by atomic mass is 10.0. The lowest BCUT2D eigenvalue weighted by Gasteiger charge is -2.16. The molecule has 0 aliphatic carbocycles. The summed E-state index contributed by atoms with van der Waals surface area (Å²) in [7, 11) is -3.40. The highest BCUT2D eigenvalue weighted by atomic mass is 32.2. The molecule has 0 radical (unpaired) electrons. The summed E-state index contributed by atoms with van der Waals surface area (Å²) in [6.07, 6.45) is 0.441. The Morgan fingerprint density at radius 1 is 1.00 bits per heavy atom. The van der Waals surface area contributed by atoms with E-state index >= 15 is 0 Å². The predicted molar refractivity (Wildman–Crippen MR) is 86.1 cm³/mol. The van der Waals surface area contributed by atoms with E-state index < -0.39 is 15.1 Å². The summed E-state index contributed by atoms with van der Waals surface area (Å²) in [6, 6.07) is 14.6. The van der Waals surface area contributed by atoms with Crippen LogP contribution in [0.4, 0.5) is 0 Å². The Hall–Kier alpha value is -1.65. The fourth-order valence-corrected chi connectivity index (χ4v) is 4.16. The number of nitrogens with two attached hydrogens (primary N) is 1. The second kappa shape index (κ2) is 6.41. The third kappa shape index (κ3) is 3.71. The quantitative estimate of drug-likeness (QED) is 0.923. The van der Waals surface area contributed by atoms with Gasteiger partial charge in [0.05, 0.1) is 10.1 Å². The lowest BCUT2D eigenvalue weighted by Crippen LogP contribution is -2.32. The van der Waals surface area contributed by atoms with Crippen LogP contribution in [0.5, 0.6) is 0 Å². The van der Waals surface area contributed by atoms with Crippen LogP contribution < -0.4 is 5.73 Å². The summed E-state index contributed by atoms with van der Waals surface area (Å²) in [5.41, 5.74) is 9.03. The van der Waals surface area contributed by atoms with Gasteiger partial charge in [-0.05, 0) is 38.0 Å². The molecule has 2 N–H and O–H groups in total. The first-order valence-corrected chi connectivity index (χ1v) is 8.54. The maximum Gasteiger partial charge on any atom is 0.182 e. The average Bonchev–Trinajstić information content (AvgIpc) is 2.44. The Morgan fingerprint density at radius 2 is 1.57 bits per heavy atom. The maximum absolute atomic E-state index is 12.7. The van der Waals surface area contributed by atoms with Gasteiger partial charge >= 0.3 is 0 Å². The van der Waals surface area contributed by atoms with Gasteiger partial charge in [0.25, 0.3) is 0 Å². The van der Waals surface area contributed by atoms with Gasteiger partial charge in [0.15, 0.2) is 9.84 Å². The minimum absolute atomic E-state index is 0.115. The molecule has 0 amide bonds. The first-order chi connectivity index (χ1) is 9.93. The second-order valence-corrected chi connectivity index (χ2v) is 7.64. The largest absolute Gasteiger partial charge is 0.329 e. The highest BCUT2D eigenvalue weighted by Gasteiger charge is 2.26. The molecular formula is C17H21NO2S. The predicted octanol–water partition coefficient (Wildman–Crippen LogP) is 2.65. The van der Waals surface area contributed by atoms with E-state index in [1.807, 2.05) is 26.0 Å². The van der Waals surface area contributed by atoms with Crippen molar-refractivity contribution in [1.82, 2.24) is 0 Å². The molecule has 0 spiro atoms. The van der Waals surface area contributed by atoms with E-state index in [-0.39, 0.29) is 6.54 Å². The summed E-state index contributed by atoms with van der Waals surface area (Å²) in [6.45, 7) is 4.14. The molecule has 0 fully saturated rings. The third-order valence-electron chi connectivity index (χ3n) is 3.52. The Kier molecular flexibility index (Phi) is 4.80. The molecule has 0 bridgehead atoms. The van der Waals surface area contributed by atoms with Crippen LogP contribution in [0, 0.1) is 13.8 Å². The van der Waals surface area contributed by atoms with Gasteiger partial charge in [0.1, 0.15) is 0 Å². The number of aryl methyl sites for hydroxylation is 2. The maximum atomic E-state index is 12.7. The van der Waals surface area contributed by atoms with E-state index in [0.717, 1.165) is 16.7 Å². The number of hydrogen-bond donors (Lipinski definition) is 1. The molecule has 3 nitrogen and oxygen atoms in total. The van der Waals surface area contributed by atoms with Crippen molar-refractivity contribution in [2.75, 3.05) is 6.54 Å². The second-order valence-electron chi connectivity index (χ2n) is 5.42. The number of rotatable bonds is 5. The van der Waals surface area contributed by atoms with E-state index in [2.05, 4.69) is 6.07 Å². The fourth-order valence-electron chi connectivity index (χ4n) is 2.57. The topological polar surface area (TPSA) is 60.2 Å². The third-order valence-corrected chi connectivity index (χ3v) is 5.68. The molecule has 1 unspecified atom stereocenters. The van der Waals surface area contributed by atoms with Crippen molar-refractivity contribution in [2.24, 2.45) is 5.73 Å². The van der Waals surface area contributed by atoms with Gasteiger partial charge in [0, 0.05) is 6.54 Å². The molecule has 4 heteroatoms. The highest BCUT2D eigenvalue weighted by molar-refractivity contribution is 7.92. The van der Waals surface area contributed by atoms with E-state index in [4.69, 9.17) is 5.73 Å². The summed E-state index contributed by atoms with van der Waals surface area (Å²) < 4.78 is 25.3. The SMILES string of the molecule is Cc1cc(C)cc(CC(CN)S(=O)(=O)c2ccccc2)c1. The molecule has 0 saturated heterocycles.